The average molecular weight is 570 g/mol. The molecule has 1 atom stereocenters. The Labute approximate surface area is 259 Å². The van der Waals surface area contributed by atoms with Crippen molar-refractivity contribution in [2.75, 3.05) is 18.0 Å². The topological polar surface area (TPSA) is 18.8 Å². The van der Waals surface area contributed by atoms with Gasteiger partial charge in [0.05, 0.1) is 0 Å². The molecular formula is C39H59N3. The van der Waals surface area contributed by atoms with Crippen LogP contribution in [0.3, 0.4) is 0 Å². The third-order valence-electron chi connectivity index (χ3n) is 8.41. The number of nitrogens with zero attached hydrogens (tertiary/aromatic N) is 3. The van der Waals surface area contributed by atoms with Gasteiger partial charge in [0, 0.05) is 31.5 Å². The molecule has 0 radical (unpaired) electrons. The van der Waals surface area contributed by atoms with Crippen LogP contribution in [-0.4, -0.2) is 24.7 Å². The number of aliphatic imine (C=N–C) groups is 1. The van der Waals surface area contributed by atoms with E-state index < -0.39 is 0 Å². The van der Waals surface area contributed by atoms with E-state index in [2.05, 4.69) is 98.8 Å². The van der Waals surface area contributed by atoms with Gasteiger partial charge in [-0.15, -0.1) is 0 Å². The summed E-state index contributed by atoms with van der Waals surface area (Å²) in [7, 11) is 0. The highest BCUT2D eigenvalue weighted by molar-refractivity contribution is 5.56. The van der Waals surface area contributed by atoms with Crippen molar-refractivity contribution in [1.82, 2.24) is 4.90 Å². The van der Waals surface area contributed by atoms with Crippen LogP contribution in [0.4, 0.5) is 5.69 Å². The molecule has 3 heteroatoms. The number of hydrogen-bond acceptors (Lipinski definition) is 3. The SMILES string of the molecule is C=N/C=C\C(=C)CCCC1CN(Cc2cc(C)ccc2CC)C(=C)N(c2ccc(CC)c(CCCCCC)c2)C1.CC. The maximum atomic E-state index is 4.68. The molecule has 0 amide bonds. The molecular weight excluding hydrogens is 510 g/mol. The number of allylic oxidation sites excluding steroid dienone is 2. The van der Waals surface area contributed by atoms with E-state index in [9.17, 15) is 0 Å². The molecule has 1 heterocycles. The number of benzene rings is 2. The number of anilines is 1. The Hall–Kier alpha value is -3.07. The van der Waals surface area contributed by atoms with Gasteiger partial charge in [0.25, 0.3) is 0 Å². The van der Waals surface area contributed by atoms with Gasteiger partial charge in [0.1, 0.15) is 5.82 Å². The Kier molecular flexibility index (Phi) is 16.0. The van der Waals surface area contributed by atoms with Crippen LogP contribution in [0, 0.1) is 12.8 Å². The molecule has 1 fully saturated rings. The Morgan fingerprint density at radius 3 is 2.31 bits per heavy atom. The van der Waals surface area contributed by atoms with E-state index >= 15 is 0 Å². The monoisotopic (exact) mass is 569 g/mol. The molecule has 0 saturated carbocycles. The van der Waals surface area contributed by atoms with Gasteiger partial charge in [0.15, 0.2) is 0 Å². The van der Waals surface area contributed by atoms with Crippen molar-refractivity contribution >= 4 is 12.4 Å². The molecule has 0 aliphatic carbocycles. The van der Waals surface area contributed by atoms with Gasteiger partial charge in [-0.05, 0) is 105 Å². The van der Waals surface area contributed by atoms with Crippen molar-refractivity contribution in [1.29, 1.82) is 0 Å². The molecule has 230 valence electrons. The van der Waals surface area contributed by atoms with Crippen molar-refractivity contribution < 1.29 is 0 Å². The Balaban J connectivity index is 0.00000301. The molecule has 1 aliphatic heterocycles. The summed E-state index contributed by atoms with van der Waals surface area (Å²) in [4.78, 5) is 8.86. The first kappa shape index (κ1) is 35.1. The van der Waals surface area contributed by atoms with Crippen LogP contribution in [0.15, 0.2) is 78.2 Å². The molecule has 3 rings (SSSR count). The second-order valence-electron chi connectivity index (χ2n) is 11.6. The van der Waals surface area contributed by atoms with Crippen LogP contribution in [0.5, 0.6) is 0 Å². The average Bonchev–Trinajstić information content (AvgIpc) is 3.00. The van der Waals surface area contributed by atoms with Crippen LogP contribution >= 0.6 is 0 Å². The first-order valence-corrected chi connectivity index (χ1v) is 16.6. The molecule has 1 unspecified atom stereocenters. The van der Waals surface area contributed by atoms with Gasteiger partial charge in [0.2, 0.25) is 0 Å². The van der Waals surface area contributed by atoms with E-state index in [1.165, 1.54) is 72.0 Å². The predicted octanol–water partition coefficient (Wildman–Crippen LogP) is 10.6. The van der Waals surface area contributed by atoms with E-state index in [1.54, 1.807) is 6.20 Å². The first-order valence-electron chi connectivity index (χ1n) is 16.6. The molecule has 2 aromatic carbocycles. The first-order chi connectivity index (χ1) is 20.4. The van der Waals surface area contributed by atoms with Gasteiger partial charge in [-0.25, -0.2) is 0 Å². The van der Waals surface area contributed by atoms with Crippen LogP contribution in [0.2, 0.25) is 0 Å². The third kappa shape index (κ3) is 10.6. The largest absolute Gasteiger partial charge is 0.354 e. The highest BCUT2D eigenvalue weighted by atomic mass is 15.4. The molecule has 2 aromatic rings. The van der Waals surface area contributed by atoms with Crippen molar-refractivity contribution in [3.8, 4) is 0 Å². The van der Waals surface area contributed by atoms with Crippen LogP contribution in [0.1, 0.15) is 107 Å². The van der Waals surface area contributed by atoms with E-state index in [4.69, 9.17) is 0 Å². The van der Waals surface area contributed by atoms with Gasteiger partial charge < -0.3 is 9.80 Å². The Bertz CT molecular complexity index is 1160. The second-order valence-corrected chi connectivity index (χ2v) is 11.6. The normalized spacial score (nSPS) is 15.1. The zero-order chi connectivity index (χ0) is 30.9. The molecule has 1 aliphatic rings. The molecule has 0 bridgehead atoms. The summed E-state index contributed by atoms with van der Waals surface area (Å²) in [5.41, 5.74) is 9.62. The fourth-order valence-corrected chi connectivity index (χ4v) is 6.01. The zero-order valence-electron chi connectivity index (χ0n) is 27.9. The fourth-order valence-electron chi connectivity index (χ4n) is 6.01. The zero-order valence-corrected chi connectivity index (χ0v) is 27.9. The van der Waals surface area contributed by atoms with Crippen molar-refractivity contribution in [3.05, 3.63) is 101 Å². The van der Waals surface area contributed by atoms with Crippen LogP contribution in [-0.2, 0) is 25.8 Å². The lowest BCUT2D eigenvalue weighted by atomic mass is 9.94. The molecule has 0 spiro atoms. The standard InChI is InChI=1S/C37H53N3.C2H6/c1-8-11-12-13-17-35-25-37(21-20-33(35)9-2)40-27-32(16-14-15-29(4)22-23-38-7)26-39(31(40)6)28-36-24-30(5)18-19-34(36)10-3;1-2/h18-25,32H,4,6-17,26-28H2,1-3,5H3;1-2H3/b23-22-;. The molecule has 1 saturated heterocycles. The van der Waals surface area contributed by atoms with Gasteiger partial charge in [-0.2, -0.15) is 0 Å². The van der Waals surface area contributed by atoms with Crippen molar-refractivity contribution in [2.24, 2.45) is 10.9 Å². The number of rotatable bonds is 16. The van der Waals surface area contributed by atoms with E-state index in [0.29, 0.717) is 5.92 Å². The maximum absolute atomic E-state index is 4.68. The number of aryl methyl sites for hydroxylation is 4. The minimum absolute atomic E-state index is 0.563. The Morgan fingerprint density at radius 2 is 1.62 bits per heavy atom. The van der Waals surface area contributed by atoms with Gasteiger partial charge >= 0.3 is 0 Å². The minimum atomic E-state index is 0.563. The summed E-state index contributed by atoms with van der Waals surface area (Å²) in [5, 5.41) is 0. The highest BCUT2D eigenvalue weighted by Gasteiger charge is 2.29. The lowest BCUT2D eigenvalue weighted by Crippen LogP contribution is -2.47. The molecule has 0 aromatic heterocycles. The summed E-state index contributed by atoms with van der Waals surface area (Å²) in [5.74, 6) is 1.69. The molecule has 3 nitrogen and oxygen atoms in total. The number of unbranched alkanes of at least 4 members (excludes halogenated alkanes) is 3. The summed E-state index contributed by atoms with van der Waals surface area (Å²) in [6.07, 6.45) is 15.5. The van der Waals surface area contributed by atoms with Crippen LogP contribution < -0.4 is 4.90 Å². The molecule has 0 N–H and O–H groups in total. The lowest BCUT2D eigenvalue weighted by Gasteiger charge is -2.44. The quantitative estimate of drug-likeness (QED) is 0.114. The second kappa shape index (κ2) is 19.2. The summed E-state index contributed by atoms with van der Waals surface area (Å²) in [6, 6.07) is 14.1. The van der Waals surface area contributed by atoms with Gasteiger partial charge in [-0.3, -0.25) is 4.99 Å². The van der Waals surface area contributed by atoms with E-state index in [-0.39, 0.29) is 0 Å². The summed E-state index contributed by atoms with van der Waals surface area (Å²) >= 11 is 0. The van der Waals surface area contributed by atoms with Crippen molar-refractivity contribution in [2.45, 2.75) is 112 Å². The third-order valence-corrected chi connectivity index (χ3v) is 8.41. The van der Waals surface area contributed by atoms with E-state index in [1.807, 2.05) is 19.9 Å². The number of hydrogen-bond donors (Lipinski definition) is 0. The van der Waals surface area contributed by atoms with Gasteiger partial charge in [-0.1, -0.05) is 102 Å². The summed E-state index contributed by atoms with van der Waals surface area (Å²) in [6.45, 7) is 28.4. The fraction of sp³-hybridized carbons (Fsp3) is 0.513. The van der Waals surface area contributed by atoms with Crippen LogP contribution in [0.25, 0.3) is 0 Å². The lowest BCUT2D eigenvalue weighted by molar-refractivity contribution is 0.227. The highest BCUT2D eigenvalue weighted by Crippen LogP contribution is 2.33. The van der Waals surface area contributed by atoms with E-state index in [0.717, 1.165) is 56.7 Å². The molecule has 42 heavy (non-hydrogen) atoms. The summed E-state index contributed by atoms with van der Waals surface area (Å²) < 4.78 is 0. The smallest absolute Gasteiger partial charge is 0.101 e. The van der Waals surface area contributed by atoms with Crippen molar-refractivity contribution in [3.63, 3.8) is 0 Å². The minimum Gasteiger partial charge on any atom is -0.354 e. The Morgan fingerprint density at radius 1 is 0.905 bits per heavy atom. The maximum Gasteiger partial charge on any atom is 0.101 e. The predicted molar refractivity (Wildman–Crippen MR) is 188 cm³/mol.